The summed E-state index contributed by atoms with van der Waals surface area (Å²) in [6.07, 6.45) is 0. The van der Waals surface area contributed by atoms with E-state index in [1.165, 1.54) is 19.2 Å². The van der Waals surface area contributed by atoms with E-state index in [9.17, 15) is 8.42 Å². The van der Waals surface area contributed by atoms with Gasteiger partial charge in [-0.15, -0.1) is 24.0 Å². The molecular formula is C13H23IN4O3S. The molecule has 1 unspecified atom stereocenters. The lowest BCUT2D eigenvalue weighted by molar-refractivity contribution is 0.179. The number of nitrogens with one attached hydrogen (secondary N) is 2. The van der Waals surface area contributed by atoms with Crippen LogP contribution >= 0.6 is 24.0 Å². The molecule has 0 fully saturated rings. The second-order valence-corrected chi connectivity index (χ2v) is 6.44. The number of nitrogens with two attached hydrogens (primary N) is 1. The van der Waals surface area contributed by atoms with E-state index < -0.39 is 10.0 Å². The number of guanidine groups is 1. The van der Waals surface area contributed by atoms with Gasteiger partial charge < -0.3 is 15.8 Å². The Labute approximate surface area is 148 Å². The van der Waals surface area contributed by atoms with E-state index in [1.807, 2.05) is 6.92 Å². The second-order valence-electron chi connectivity index (χ2n) is 4.55. The van der Waals surface area contributed by atoms with E-state index in [-0.39, 0.29) is 34.9 Å². The van der Waals surface area contributed by atoms with Crippen LogP contribution in [0.3, 0.4) is 0 Å². The maximum atomic E-state index is 11.6. The van der Waals surface area contributed by atoms with Gasteiger partial charge in [0.15, 0.2) is 5.96 Å². The van der Waals surface area contributed by atoms with Crippen molar-refractivity contribution in [2.24, 2.45) is 10.7 Å². The van der Waals surface area contributed by atoms with Crippen LogP contribution in [0.1, 0.15) is 12.5 Å². The number of halogens is 1. The fourth-order valence-electron chi connectivity index (χ4n) is 1.66. The molecule has 0 saturated carbocycles. The number of benzene rings is 1. The summed E-state index contributed by atoms with van der Waals surface area (Å²) in [6.45, 7) is 2.84. The van der Waals surface area contributed by atoms with E-state index in [0.717, 1.165) is 5.56 Å². The molecule has 0 heterocycles. The first-order valence-corrected chi connectivity index (χ1v) is 7.95. The molecular weight excluding hydrogens is 419 g/mol. The van der Waals surface area contributed by atoms with Gasteiger partial charge in [0.2, 0.25) is 10.0 Å². The summed E-state index contributed by atoms with van der Waals surface area (Å²) in [7, 11) is -0.412. The lowest BCUT2D eigenvalue weighted by Gasteiger charge is -2.13. The molecule has 0 aliphatic carbocycles. The summed E-state index contributed by atoms with van der Waals surface area (Å²) in [5, 5.41) is 2.99. The number of hydrogen-bond donors (Lipinski definition) is 3. The number of sulfonamides is 1. The van der Waals surface area contributed by atoms with Gasteiger partial charge in [-0.1, -0.05) is 12.1 Å². The Morgan fingerprint density at radius 1 is 1.36 bits per heavy atom. The minimum atomic E-state index is -3.41. The Bertz CT molecular complexity index is 575. The minimum absolute atomic E-state index is 0. The van der Waals surface area contributed by atoms with Crippen LogP contribution in [0.2, 0.25) is 0 Å². The fourth-order valence-corrected chi connectivity index (χ4v) is 2.39. The van der Waals surface area contributed by atoms with Crippen LogP contribution in [0.25, 0.3) is 0 Å². The van der Waals surface area contributed by atoms with Gasteiger partial charge in [-0.3, -0.25) is 0 Å². The predicted molar refractivity (Wildman–Crippen MR) is 97.9 cm³/mol. The molecule has 1 rings (SSSR count). The van der Waals surface area contributed by atoms with Crippen LogP contribution in [0.15, 0.2) is 34.2 Å². The molecule has 0 saturated heterocycles. The van der Waals surface area contributed by atoms with Crippen molar-refractivity contribution in [1.82, 2.24) is 10.0 Å². The molecule has 0 radical (unpaired) electrons. The van der Waals surface area contributed by atoms with Crippen molar-refractivity contribution in [1.29, 1.82) is 0 Å². The van der Waals surface area contributed by atoms with Crippen LogP contribution in [-0.4, -0.2) is 41.2 Å². The Morgan fingerprint density at radius 3 is 2.45 bits per heavy atom. The third kappa shape index (κ3) is 6.90. The van der Waals surface area contributed by atoms with Gasteiger partial charge in [0.1, 0.15) is 0 Å². The first-order valence-electron chi connectivity index (χ1n) is 6.47. The predicted octanol–water partition coefficient (Wildman–Crippen LogP) is 0.652. The zero-order valence-corrected chi connectivity index (χ0v) is 16.0. The van der Waals surface area contributed by atoms with Crippen molar-refractivity contribution in [3.05, 3.63) is 29.8 Å². The SMILES string of the molecule is CNS(=O)(=O)c1ccc(CN=C(N)NC(C)COC)cc1.I. The van der Waals surface area contributed by atoms with Crippen molar-refractivity contribution in [2.45, 2.75) is 24.4 Å². The number of aliphatic imine (C=N–C) groups is 1. The number of hydrogen-bond acceptors (Lipinski definition) is 4. The maximum absolute atomic E-state index is 11.6. The van der Waals surface area contributed by atoms with E-state index in [1.54, 1.807) is 19.2 Å². The highest BCUT2D eigenvalue weighted by molar-refractivity contribution is 14.0. The minimum Gasteiger partial charge on any atom is -0.383 e. The average Bonchev–Trinajstić information content (AvgIpc) is 2.45. The Kier molecular flexibility index (Phi) is 9.56. The van der Waals surface area contributed by atoms with Gasteiger partial charge in [0.05, 0.1) is 18.0 Å². The first kappa shape index (κ1) is 21.1. The molecule has 4 N–H and O–H groups in total. The largest absolute Gasteiger partial charge is 0.383 e. The molecule has 0 amide bonds. The van der Waals surface area contributed by atoms with Crippen LogP contribution in [-0.2, 0) is 21.3 Å². The van der Waals surface area contributed by atoms with Crippen molar-refractivity contribution >= 4 is 40.0 Å². The summed E-state index contributed by atoms with van der Waals surface area (Å²) in [5.74, 6) is 0.325. The normalized spacial score (nSPS) is 13.3. The van der Waals surface area contributed by atoms with Crippen LogP contribution < -0.4 is 15.8 Å². The number of ether oxygens (including phenoxy) is 1. The zero-order valence-electron chi connectivity index (χ0n) is 12.9. The summed E-state index contributed by atoms with van der Waals surface area (Å²) in [5.41, 5.74) is 6.62. The standard InChI is InChI=1S/C13H22N4O3S.HI/c1-10(9-20-3)17-13(14)16-8-11-4-6-12(7-5-11)21(18,19)15-2;/h4-7,10,15H,8-9H2,1-3H3,(H3,14,16,17);1H. The Balaban J connectivity index is 0.00000441. The summed E-state index contributed by atoms with van der Waals surface area (Å²) >= 11 is 0. The highest BCUT2D eigenvalue weighted by atomic mass is 127. The van der Waals surface area contributed by atoms with E-state index in [4.69, 9.17) is 10.5 Å². The molecule has 1 atom stereocenters. The third-order valence-corrected chi connectivity index (χ3v) is 4.18. The highest BCUT2D eigenvalue weighted by Gasteiger charge is 2.10. The summed E-state index contributed by atoms with van der Waals surface area (Å²) in [6, 6.07) is 6.56. The first-order chi connectivity index (χ1) is 9.89. The van der Waals surface area contributed by atoms with Gasteiger partial charge in [0, 0.05) is 13.2 Å². The molecule has 126 valence electrons. The molecule has 0 aliphatic heterocycles. The topological polar surface area (TPSA) is 106 Å². The van der Waals surface area contributed by atoms with Crippen LogP contribution in [0.4, 0.5) is 0 Å². The summed E-state index contributed by atoms with van der Waals surface area (Å²) in [4.78, 5) is 4.41. The third-order valence-electron chi connectivity index (χ3n) is 2.75. The quantitative estimate of drug-likeness (QED) is 0.327. The van der Waals surface area contributed by atoms with Crippen molar-refractivity contribution in [2.75, 3.05) is 20.8 Å². The molecule has 22 heavy (non-hydrogen) atoms. The van der Waals surface area contributed by atoms with Crippen molar-refractivity contribution in [3.63, 3.8) is 0 Å². The number of nitrogens with zero attached hydrogens (tertiary/aromatic N) is 1. The van der Waals surface area contributed by atoms with Crippen molar-refractivity contribution < 1.29 is 13.2 Å². The smallest absolute Gasteiger partial charge is 0.240 e. The van der Waals surface area contributed by atoms with E-state index in [2.05, 4.69) is 15.0 Å². The molecule has 0 bridgehead atoms. The van der Waals surface area contributed by atoms with Gasteiger partial charge in [-0.2, -0.15) is 0 Å². The maximum Gasteiger partial charge on any atom is 0.240 e. The van der Waals surface area contributed by atoms with E-state index >= 15 is 0 Å². The average molecular weight is 442 g/mol. The Morgan fingerprint density at radius 2 is 1.95 bits per heavy atom. The fraction of sp³-hybridized carbons (Fsp3) is 0.462. The molecule has 1 aromatic rings. The summed E-state index contributed by atoms with van der Waals surface area (Å²) < 4.78 is 30.4. The van der Waals surface area contributed by atoms with Crippen LogP contribution in [0, 0.1) is 0 Å². The van der Waals surface area contributed by atoms with E-state index in [0.29, 0.717) is 19.1 Å². The number of rotatable bonds is 7. The highest BCUT2D eigenvalue weighted by Crippen LogP contribution is 2.10. The van der Waals surface area contributed by atoms with Gasteiger partial charge in [-0.25, -0.2) is 18.1 Å². The Hall–Kier alpha value is -0.910. The molecule has 0 aromatic heterocycles. The van der Waals surface area contributed by atoms with Gasteiger partial charge >= 0.3 is 0 Å². The monoisotopic (exact) mass is 442 g/mol. The molecule has 1 aromatic carbocycles. The van der Waals surface area contributed by atoms with Crippen molar-refractivity contribution in [3.8, 4) is 0 Å². The van der Waals surface area contributed by atoms with Gasteiger partial charge in [-0.05, 0) is 31.7 Å². The molecule has 0 aliphatic rings. The lowest BCUT2D eigenvalue weighted by atomic mass is 10.2. The second kappa shape index (κ2) is 9.98. The molecule has 7 nitrogen and oxygen atoms in total. The van der Waals surface area contributed by atoms with Gasteiger partial charge in [0.25, 0.3) is 0 Å². The van der Waals surface area contributed by atoms with Crippen LogP contribution in [0.5, 0.6) is 0 Å². The zero-order chi connectivity index (χ0) is 15.9. The molecule has 9 heteroatoms. The number of methoxy groups -OCH3 is 1. The molecule has 0 spiro atoms. The lowest BCUT2D eigenvalue weighted by Crippen LogP contribution is -2.40.